The van der Waals surface area contributed by atoms with Gasteiger partial charge in [0, 0.05) is 12.6 Å². The summed E-state index contributed by atoms with van der Waals surface area (Å²) in [5, 5.41) is 15.3. The van der Waals surface area contributed by atoms with Crippen molar-refractivity contribution in [3.63, 3.8) is 0 Å². The molecule has 1 saturated carbocycles. The molecule has 0 radical (unpaired) electrons. The second-order valence-corrected chi connectivity index (χ2v) is 5.94. The van der Waals surface area contributed by atoms with Gasteiger partial charge in [-0.05, 0) is 43.4 Å². The van der Waals surface area contributed by atoms with Crippen molar-refractivity contribution < 1.29 is 19.4 Å². The molecule has 1 aromatic rings. The Morgan fingerprint density at radius 2 is 2.09 bits per heavy atom. The van der Waals surface area contributed by atoms with E-state index in [1.54, 1.807) is 0 Å². The van der Waals surface area contributed by atoms with Crippen molar-refractivity contribution in [1.29, 1.82) is 0 Å². The molecule has 1 aliphatic heterocycles. The number of anilines is 1. The number of hydrogen-bond acceptors (Lipinski definition) is 4. The van der Waals surface area contributed by atoms with Gasteiger partial charge in [0.2, 0.25) is 0 Å². The Hall–Kier alpha value is -2.08. The first-order valence-electron chi connectivity index (χ1n) is 7.63. The minimum absolute atomic E-state index is 0.0669. The number of carboxylic acids is 1. The topological polar surface area (TPSA) is 87.7 Å². The molecule has 3 N–H and O–H groups in total. The second-order valence-electron chi connectivity index (χ2n) is 5.94. The summed E-state index contributed by atoms with van der Waals surface area (Å²) in [7, 11) is 0. The summed E-state index contributed by atoms with van der Waals surface area (Å²) in [6.07, 6.45) is 3.26. The largest absolute Gasteiger partial charge is 0.482 e. The molecule has 0 saturated heterocycles. The van der Waals surface area contributed by atoms with E-state index in [1.807, 2.05) is 18.2 Å². The molecule has 0 atom stereocenters. The third-order valence-electron chi connectivity index (χ3n) is 4.35. The van der Waals surface area contributed by atoms with Crippen LogP contribution in [0.25, 0.3) is 0 Å². The summed E-state index contributed by atoms with van der Waals surface area (Å²) in [4.78, 5) is 22.3. The van der Waals surface area contributed by atoms with Gasteiger partial charge in [-0.1, -0.05) is 6.07 Å². The Morgan fingerprint density at radius 1 is 1.32 bits per heavy atom. The Kier molecular flexibility index (Phi) is 4.29. The summed E-state index contributed by atoms with van der Waals surface area (Å²) in [5.74, 6) is -0.298. The smallest absolute Gasteiger partial charge is 0.306 e. The number of rotatable bonds is 4. The lowest BCUT2D eigenvalue weighted by atomic mass is 9.86. The summed E-state index contributed by atoms with van der Waals surface area (Å²) in [6.45, 7) is 0.767. The number of carboxylic acid groups (broad SMARTS) is 1. The van der Waals surface area contributed by atoms with Crippen LogP contribution in [-0.4, -0.2) is 29.6 Å². The summed E-state index contributed by atoms with van der Waals surface area (Å²) >= 11 is 0. The average molecular weight is 304 g/mol. The van der Waals surface area contributed by atoms with Gasteiger partial charge in [-0.15, -0.1) is 0 Å². The summed E-state index contributed by atoms with van der Waals surface area (Å²) in [6, 6.07) is 6.12. The van der Waals surface area contributed by atoms with Gasteiger partial charge in [0.15, 0.2) is 6.61 Å². The van der Waals surface area contributed by atoms with Gasteiger partial charge < -0.3 is 20.5 Å². The van der Waals surface area contributed by atoms with E-state index in [1.165, 1.54) is 0 Å². The lowest BCUT2D eigenvalue weighted by Gasteiger charge is -2.27. The maximum Gasteiger partial charge on any atom is 0.306 e. The molecule has 0 spiro atoms. The predicted molar refractivity (Wildman–Crippen MR) is 80.8 cm³/mol. The molecule has 1 fully saturated rings. The van der Waals surface area contributed by atoms with Crippen molar-refractivity contribution in [2.75, 3.05) is 11.9 Å². The molecule has 1 aliphatic carbocycles. The number of aliphatic carboxylic acids is 1. The first kappa shape index (κ1) is 14.8. The molecule has 118 valence electrons. The van der Waals surface area contributed by atoms with Crippen LogP contribution in [0.5, 0.6) is 5.75 Å². The zero-order chi connectivity index (χ0) is 15.5. The van der Waals surface area contributed by atoms with Gasteiger partial charge in [0.25, 0.3) is 5.91 Å². The van der Waals surface area contributed by atoms with E-state index >= 15 is 0 Å². The van der Waals surface area contributed by atoms with Crippen LogP contribution in [0.1, 0.15) is 31.2 Å². The number of fused-ring (bicyclic) bond motifs is 1. The maximum absolute atomic E-state index is 11.3. The van der Waals surface area contributed by atoms with Crippen LogP contribution < -0.4 is 15.4 Å². The van der Waals surface area contributed by atoms with E-state index in [-0.39, 0.29) is 18.4 Å². The first-order chi connectivity index (χ1) is 10.6. The lowest BCUT2D eigenvalue weighted by molar-refractivity contribution is -0.142. The van der Waals surface area contributed by atoms with Crippen molar-refractivity contribution in [2.45, 2.75) is 38.3 Å². The van der Waals surface area contributed by atoms with Gasteiger partial charge in [-0.3, -0.25) is 9.59 Å². The van der Waals surface area contributed by atoms with E-state index < -0.39 is 5.97 Å². The summed E-state index contributed by atoms with van der Waals surface area (Å²) < 4.78 is 5.33. The van der Waals surface area contributed by atoms with Gasteiger partial charge in [0.05, 0.1) is 11.6 Å². The third kappa shape index (κ3) is 3.39. The van der Waals surface area contributed by atoms with Crippen molar-refractivity contribution in [1.82, 2.24) is 5.32 Å². The maximum atomic E-state index is 11.3. The number of amides is 1. The monoisotopic (exact) mass is 304 g/mol. The average Bonchev–Trinajstić information content (AvgIpc) is 2.53. The van der Waals surface area contributed by atoms with Gasteiger partial charge in [-0.2, -0.15) is 0 Å². The number of hydrogen-bond donors (Lipinski definition) is 3. The highest BCUT2D eigenvalue weighted by molar-refractivity contribution is 5.95. The normalized spacial score (nSPS) is 24.1. The van der Waals surface area contributed by atoms with E-state index in [9.17, 15) is 9.59 Å². The molecule has 6 heteroatoms. The lowest BCUT2D eigenvalue weighted by Crippen LogP contribution is -2.34. The van der Waals surface area contributed by atoms with Crippen molar-refractivity contribution in [2.24, 2.45) is 5.92 Å². The predicted octanol–water partition coefficient (Wildman–Crippen LogP) is 1.75. The number of nitrogens with one attached hydrogen (secondary N) is 2. The highest BCUT2D eigenvalue weighted by atomic mass is 16.5. The van der Waals surface area contributed by atoms with Crippen LogP contribution in [0, 0.1) is 5.92 Å². The Balaban J connectivity index is 1.53. The fraction of sp³-hybridized carbons (Fsp3) is 0.500. The van der Waals surface area contributed by atoms with Crippen LogP contribution in [-0.2, 0) is 16.1 Å². The fourth-order valence-corrected chi connectivity index (χ4v) is 3.05. The van der Waals surface area contributed by atoms with Crippen molar-refractivity contribution in [3.05, 3.63) is 23.8 Å². The highest BCUT2D eigenvalue weighted by Gasteiger charge is 2.25. The van der Waals surface area contributed by atoms with Crippen LogP contribution in [0.15, 0.2) is 18.2 Å². The molecule has 6 nitrogen and oxygen atoms in total. The van der Waals surface area contributed by atoms with E-state index in [0.717, 1.165) is 31.2 Å². The molecular weight excluding hydrogens is 284 g/mol. The molecule has 0 bridgehead atoms. The Morgan fingerprint density at radius 3 is 2.82 bits per heavy atom. The van der Waals surface area contributed by atoms with Crippen molar-refractivity contribution in [3.8, 4) is 5.75 Å². The summed E-state index contributed by atoms with van der Waals surface area (Å²) in [5.41, 5.74) is 1.79. The third-order valence-corrected chi connectivity index (χ3v) is 4.35. The standard InChI is InChI=1S/C16H20N2O4/c19-15-9-22-14-6-1-10(7-13(14)18-15)8-17-12-4-2-11(3-5-12)16(20)21/h1,6-7,11-12,17H,2-5,8-9H2,(H,18,19)(H,20,21)/t11-,12-. The molecule has 1 amide bonds. The molecule has 2 aliphatic rings. The number of carbonyl (C=O) groups is 2. The number of benzene rings is 1. The molecule has 3 rings (SSSR count). The zero-order valence-electron chi connectivity index (χ0n) is 12.3. The minimum Gasteiger partial charge on any atom is -0.482 e. The molecular formula is C16H20N2O4. The van der Waals surface area contributed by atoms with E-state index in [4.69, 9.17) is 9.84 Å². The quantitative estimate of drug-likeness (QED) is 0.789. The molecule has 0 unspecified atom stereocenters. The first-order valence-corrected chi connectivity index (χ1v) is 7.63. The molecule has 0 aromatic heterocycles. The van der Waals surface area contributed by atoms with E-state index in [0.29, 0.717) is 24.0 Å². The van der Waals surface area contributed by atoms with Gasteiger partial charge in [-0.25, -0.2) is 0 Å². The minimum atomic E-state index is -0.677. The van der Waals surface area contributed by atoms with Crippen LogP contribution in [0.2, 0.25) is 0 Å². The van der Waals surface area contributed by atoms with Crippen molar-refractivity contribution >= 4 is 17.6 Å². The zero-order valence-corrected chi connectivity index (χ0v) is 12.3. The van der Waals surface area contributed by atoms with Crippen LogP contribution >= 0.6 is 0 Å². The van der Waals surface area contributed by atoms with Gasteiger partial charge >= 0.3 is 5.97 Å². The van der Waals surface area contributed by atoms with Gasteiger partial charge in [0.1, 0.15) is 5.75 Å². The van der Waals surface area contributed by atoms with Crippen LogP contribution in [0.3, 0.4) is 0 Å². The Bertz CT molecular complexity index is 580. The molecule has 22 heavy (non-hydrogen) atoms. The number of ether oxygens (including phenoxy) is 1. The number of carbonyl (C=O) groups excluding carboxylic acids is 1. The van der Waals surface area contributed by atoms with Crippen LogP contribution in [0.4, 0.5) is 5.69 Å². The second kappa shape index (κ2) is 6.36. The molecule has 1 heterocycles. The highest BCUT2D eigenvalue weighted by Crippen LogP contribution is 2.29. The SMILES string of the molecule is O=C1COc2ccc(CN[C@H]3CC[C@H](C(=O)O)CC3)cc2N1. The Labute approximate surface area is 128 Å². The fourth-order valence-electron chi connectivity index (χ4n) is 3.05. The molecule has 1 aromatic carbocycles. The van der Waals surface area contributed by atoms with E-state index in [2.05, 4.69) is 10.6 Å².